The molecular weight excluding hydrogens is 276 g/mol. The van der Waals surface area contributed by atoms with Gasteiger partial charge in [0.2, 0.25) is 5.91 Å². The molecule has 3 nitrogen and oxygen atoms in total. The average molecular weight is 294 g/mol. The largest absolute Gasteiger partial charge is 0.353 e. The van der Waals surface area contributed by atoms with Gasteiger partial charge in [-0.25, -0.2) is 4.98 Å². The number of hydrogen-bond donors (Lipinski definition) is 1. The van der Waals surface area contributed by atoms with Crippen molar-refractivity contribution in [3.63, 3.8) is 0 Å². The highest BCUT2D eigenvalue weighted by Crippen LogP contribution is 2.27. The van der Waals surface area contributed by atoms with Gasteiger partial charge in [0.15, 0.2) is 0 Å². The molecule has 0 spiro atoms. The summed E-state index contributed by atoms with van der Waals surface area (Å²) in [6.07, 6.45) is 2.32. The van der Waals surface area contributed by atoms with Gasteiger partial charge < -0.3 is 5.32 Å². The summed E-state index contributed by atoms with van der Waals surface area (Å²) in [5.74, 6) is 0.0664. The normalized spacial score (nSPS) is 10.9. The highest BCUT2D eigenvalue weighted by molar-refractivity contribution is 7.20. The fraction of sp³-hybridized carbons (Fsp3) is 0.429. The Kier molecular flexibility index (Phi) is 5.10. The summed E-state index contributed by atoms with van der Waals surface area (Å²) in [6, 6.07) is 4.35. The number of rotatable bonds is 6. The molecule has 0 saturated heterocycles. The standard InChI is InChI=1S/C14H18N2OS2/c1-3-10(4-2)15-13(17)8-11-9-19-14(16-11)12-6-5-7-18-12/h5-7,9-10H,3-4,8H2,1-2H3,(H,15,17). The van der Waals surface area contributed by atoms with Crippen molar-refractivity contribution in [2.24, 2.45) is 0 Å². The average Bonchev–Trinajstić information content (AvgIpc) is 3.06. The highest BCUT2D eigenvalue weighted by atomic mass is 32.1. The van der Waals surface area contributed by atoms with Crippen molar-refractivity contribution in [3.05, 3.63) is 28.6 Å². The summed E-state index contributed by atoms with van der Waals surface area (Å²) in [5.41, 5.74) is 0.858. The van der Waals surface area contributed by atoms with Gasteiger partial charge in [-0.3, -0.25) is 4.79 Å². The van der Waals surface area contributed by atoms with Gasteiger partial charge in [0.05, 0.1) is 17.0 Å². The highest BCUT2D eigenvalue weighted by Gasteiger charge is 2.12. The predicted octanol–water partition coefficient (Wildman–Crippen LogP) is 3.72. The molecule has 0 aliphatic carbocycles. The van der Waals surface area contributed by atoms with Crippen molar-refractivity contribution in [1.82, 2.24) is 10.3 Å². The maximum absolute atomic E-state index is 11.9. The van der Waals surface area contributed by atoms with E-state index < -0.39 is 0 Å². The first-order chi connectivity index (χ1) is 9.22. The van der Waals surface area contributed by atoms with E-state index >= 15 is 0 Å². The molecule has 0 aliphatic heterocycles. The zero-order chi connectivity index (χ0) is 13.7. The summed E-state index contributed by atoms with van der Waals surface area (Å²) in [7, 11) is 0. The van der Waals surface area contributed by atoms with Crippen LogP contribution in [-0.2, 0) is 11.2 Å². The van der Waals surface area contributed by atoms with E-state index in [4.69, 9.17) is 0 Å². The second-order valence-corrected chi connectivity index (χ2v) is 6.18. The topological polar surface area (TPSA) is 42.0 Å². The number of aromatic nitrogens is 1. The molecule has 102 valence electrons. The Morgan fingerprint density at radius 2 is 2.16 bits per heavy atom. The smallest absolute Gasteiger partial charge is 0.226 e. The van der Waals surface area contributed by atoms with Gasteiger partial charge in [0, 0.05) is 11.4 Å². The van der Waals surface area contributed by atoms with Gasteiger partial charge >= 0.3 is 0 Å². The third-order valence-electron chi connectivity index (χ3n) is 2.98. The Bertz CT molecular complexity index is 515. The Labute approximate surface area is 121 Å². The van der Waals surface area contributed by atoms with Crippen LogP contribution < -0.4 is 5.32 Å². The lowest BCUT2D eigenvalue weighted by atomic mass is 10.1. The minimum Gasteiger partial charge on any atom is -0.353 e. The third kappa shape index (κ3) is 3.88. The van der Waals surface area contributed by atoms with Crippen molar-refractivity contribution in [2.45, 2.75) is 39.2 Å². The van der Waals surface area contributed by atoms with E-state index in [-0.39, 0.29) is 11.9 Å². The molecule has 5 heteroatoms. The van der Waals surface area contributed by atoms with Crippen LogP contribution in [0.1, 0.15) is 32.4 Å². The van der Waals surface area contributed by atoms with Gasteiger partial charge in [0.1, 0.15) is 5.01 Å². The van der Waals surface area contributed by atoms with Crippen LogP contribution in [0.5, 0.6) is 0 Å². The van der Waals surface area contributed by atoms with Gasteiger partial charge in [-0.05, 0) is 24.3 Å². The lowest BCUT2D eigenvalue weighted by molar-refractivity contribution is -0.121. The Balaban J connectivity index is 1.95. The molecule has 1 amide bonds. The summed E-state index contributed by atoms with van der Waals surface area (Å²) in [5, 5.41) is 8.05. The minimum absolute atomic E-state index is 0.0664. The van der Waals surface area contributed by atoms with E-state index in [1.54, 1.807) is 22.7 Å². The first kappa shape index (κ1) is 14.2. The molecule has 2 aromatic rings. The number of carbonyl (C=O) groups excluding carboxylic acids is 1. The zero-order valence-corrected chi connectivity index (χ0v) is 12.8. The minimum atomic E-state index is 0.0664. The number of thiophene rings is 1. The molecule has 0 atom stereocenters. The summed E-state index contributed by atoms with van der Waals surface area (Å²) in [6.45, 7) is 4.18. The summed E-state index contributed by atoms with van der Waals surface area (Å²) in [4.78, 5) is 17.6. The van der Waals surface area contributed by atoms with Crippen LogP contribution in [0.2, 0.25) is 0 Å². The van der Waals surface area contributed by atoms with Crippen molar-refractivity contribution >= 4 is 28.6 Å². The predicted molar refractivity (Wildman–Crippen MR) is 81.6 cm³/mol. The fourth-order valence-corrected chi connectivity index (χ4v) is 3.47. The first-order valence-electron chi connectivity index (χ1n) is 6.50. The lowest BCUT2D eigenvalue weighted by Crippen LogP contribution is -2.34. The molecule has 0 aromatic carbocycles. The van der Waals surface area contributed by atoms with Gasteiger partial charge in [-0.1, -0.05) is 19.9 Å². The van der Waals surface area contributed by atoms with Crippen LogP contribution in [0.3, 0.4) is 0 Å². The molecule has 0 radical (unpaired) electrons. The molecule has 0 unspecified atom stereocenters. The van der Waals surface area contributed by atoms with Crippen molar-refractivity contribution in [1.29, 1.82) is 0 Å². The lowest BCUT2D eigenvalue weighted by Gasteiger charge is -2.13. The summed E-state index contributed by atoms with van der Waals surface area (Å²) < 4.78 is 0. The van der Waals surface area contributed by atoms with Gasteiger partial charge in [-0.15, -0.1) is 22.7 Å². The number of nitrogens with zero attached hydrogens (tertiary/aromatic N) is 1. The number of nitrogens with one attached hydrogen (secondary N) is 1. The van der Waals surface area contributed by atoms with Crippen LogP contribution >= 0.6 is 22.7 Å². The number of amides is 1. The molecule has 1 N–H and O–H groups in total. The maximum Gasteiger partial charge on any atom is 0.226 e. The molecule has 2 heterocycles. The van der Waals surface area contributed by atoms with E-state index in [9.17, 15) is 4.79 Å². The SMILES string of the molecule is CCC(CC)NC(=O)Cc1csc(-c2cccs2)n1. The maximum atomic E-state index is 11.9. The second kappa shape index (κ2) is 6.82. The van der Waals surface area contributed by atoms with Crippen LogP contribution in [0.25, 0.3) is 9.88 Å². The molecule has 0 saturated carbocycles. The molecule has 2 rings (SSSR count). The second-order valence-electron chi connectivity index (χ2n) is 4.38. The van der Waals surface area contributed by atoms with Crippen molar-refractivity contribution < 1.29 is 4.79 Å². The van der Waals surface area contributed by atoms with E-state index in [0.29, 0.717) is 6.42 Å². The Morgan fingerprint density at radius 3 is 2.79 bits per heavy atom. The molecular formula is C14H18N2OS2. The van der Waals surface area contributed by atoms with Crippen LogP contribution in [0, 0.1) is 0 Å². The van der Waals surface area contributed by atoms with E-state index in [0.717, 1.165) is 28.4 Å². The monoisotopic (exact) mass is 294 g/mol. The molecule has 0 fully saturated rings. The van der Waals surface area contributed by atoms with Crippen molar-refractivity contribution in [3.8, 4) is 9.88 Å². The van der Waals surface area contributed by atoms with Gasteiger partial charge in [0.25, 0.3) is 0 Å². The zero-order valence-electron chi connectivity index (χ0n) is 11.2. The first-order valence-corrected chi connectivity index (χ1v) is 8.26. The van der Waals surface area contributed by atoms with Crippen LogP contribution in [-0.4, -0.2) is 16.9 Å². The number of thiazole rings is 1. The van der Waals surface area contributed by atoms with E-state index in [2.05, 4.69) is 30.2 Å². The molecule has 0 aliphatic rings. The van der Waals surface area contributed by atoms with Crippen LogP contribution in [0.15, 0.2) is 22.9 Å². The Hall–Kier alpha value is -1.20. The molecule has 2 aromatic heterocycles. The van der Waals surface area contributed by atoms with Crippen LogP contribution in [0.4, 0.5) is 0 Å². The number of carbonyl (C=O) groups is 1. The van der Waals surface area contributed by atoms with Gasteiger partial charge in [-0.2, -0.15) is 0 Å². The summed E-state index contributed by atoms with van der Waals surface area (Å²) >= 11 is 3.27. The van der Waals surface area contributed by atoms with E-state index in [1.165, 1.54) is 0 Å². The quantitative estimate of drug-likeness (QED) is 0.882. The molecule has 19 heavy (non-hydrogen) atoms. The molecule has 0 bridgehead atoms. The van der Waals surface area contributed by atoms with E-state index in [1.807, 2.05) is 16.8 Å². The van der Waals surface area contributed by atoms with Crippen molar-refractivity contribution in [2.75, 3.05) is 0 Å². The fourth-order valence-electron chi connectivity index (χ4n) is 1.84. The third-order valence-corrected chi connectivity index (χ3v) is 4.91. The Morgan fingerprint density at radius 1 is 1.37 bits per heavy atom. The number of hydrogen-bond acceptors (Lipinski definition) is 4.